The molecule has 0 aromatic heterocycles. The van der Waals surface area contributed by atoms with Crippen molar-refractivity contribution in [3.05, 3.63) is 35.4 Å². The number of primary amides is 1. The van der Waals surface area contributed by atoms with Gasteiger partial charge < -0.3 is 5.73 Å². The zero-order valence-electron chi connectivity index (χ0n) is 10.8. The molecule has 1 aromatic rings. The molecule has 0 saturated heterocycles. The molecule has 1 rings (SSSR count). The van der Waals surface area contributed by atoms with E-state index < -0.39 is 0 Å². The summed E-state index contributed by atoms with van der Waals surface area (Å²) in [5, 5.41) is 0. The Morgan fingerprint density at radius 2 is 1.88 bits per heavy atom. The van der Waals surface area contributed by atoms with Crippen LogP contribution in [0.15, 0.2) is 24.3 Å². The Bertz CT molecular complexity index is 346. The molecule has 3 nitrogen and oxygen atoms in total. The molecule has 0 saturated carbocycles. The average molecular weight is 234 g/mol. The Morgan fingerprint density at radius 3 is 2.35 bits per heavy atom. The van der Waals surface area contributed by atoms with Crippen LogP contribution in [0.25, 0.3) is 0 Å². The van der Waals surface area contributed by atoms with E-state index >= 15 is 0 Å². The highest BCUT2D eigenvalue weighted by Crippen LogP contribution is 2.08. The second-order valence-corrected chi connectivity index (χ2v) is 4.28. The van der Waals surface area contributed by atoms with E-state index in [0.717, 1.165) is 19.6 Å². The van der Waals surface area contributed by atoms with Crippen LogP contribution in [0.5, 0.6) is 0 Å². The highest BCUT2D eigenvalue weighted by Gasteiger charge is 2.04. The Labute approximate surface area is 104 Å². The smallest absolute Gasteiger partial charge is 0.248 e. The summed E-state index contributed by atoms with van der Waals surface area (Å²) in [4.78, 5) is 13.3. The third-order valence-electron chi connectivity index (χ3n) is 2.92. The number of nitrogens with zero attached hydrogens (tertiary/aromatic N) is 1. The summed E-state index contributed by atoms with van der Waals surface area (Å²) >= 11 is 0. The van der Waals surface area contributed by atoms with Gasteiger partial charge in [-0.25, -0.2) is 0 Å². The molecule has 0 atom stereocenters. The van der Waals surface area contributed by atoms with Crippen LogP contribution in [0.4, 0.5) is 0 Å². The Balaban J connectivity index is 2.57. The second kappa shape index (κ2) is 7.07. The van der Waals surface area contributed by atoms with Crippen LogP contribution in [0.2, 0.25) is 0 Å². The lowest BCUT2D eigenvalue weighted by Gasteiger charge is -2.20. The average Bonchev–Trinajstić information content (AvgIpc) is 2.35. The zero-order chi connectivity index (χ0) is 12.7. The van der Waals surface area contributed by atoms with Crippen LogP contribution in [-0.2, 0) is 6.54 Å². The summed E-state index contributed by atoms with van der Waals surface area (Å²) in [6, 6.07) is 7.56. The van der Waals surface area contributed by atoms with E-state index in [1.165, 1.54) is 18.4 Å². The number of rotatable bonds is 7. The lowest BCUT2D eigenvalue weighted by Crippen LogP contribution is -2.24. The summed E-state index contributed by atoms with van der Waals surface area (Å²) in [6.45, 7) is 7.50. The first-order chi connectivity index (χ1) is 8.17. The normalized spacial score (nSPS) is 10.8. The van der Waals surface area contributed by atoms with Gasteiger partial charge in [0.15, 0.2) is 0 Å². The van der Waals surface area contributed by atoms with Crippen molar-refractivity contribution in [2.75, 3.05) is 13.1 Å². The SMILES string of the molecule is CCCCN(CC)Cc1ccc(C(N)=O)cc1. The number of unbranched alkanes of at least 4 members (excludes halogenated alkanes) is 1. The molecule has 3 heteroatoms. The third-order valence-corrected chi connectivity index (χ3v) is 2.92. The highest BCUT2D eigenvalue weighted by molar-refractivity contribution is 5.92. The summed E-state index contributed by atoms with van der Waals surface area (Å²) < 4.78 is 0. The fourth-order valence-corrected chi connectivity index (χ4v) is 1.76. The van der Waals surface area contributed by atoms with E-state index in [1.54, 1.807) is 12.1 Å². The first kappa shape index (κ1) is 13.7. The molecule has 0 fully saturated rings. The summed E-state index contributed by atoms with van der Waals surface area (Å²) in [6.07, 6.45) is 2.45. The van der Waals surface area contributed by atoms with E-state index in [2.05, 4.69) is 18.7 Å². The highest BCUT2D eigenvalue weighted by atomic mass is 16.1. The Kier molecular flexibility index (Phi) is 5.70. The van der Waals surface area contributed by atoms with Gasteiger partial charge in [-0.3, -0.25) is 9.69 Å². The zero-order valence-corrected chi connectivity index (χ0v) is 10.8. The minimum atomic E-state index is -0.366. The molecule has 2 N–H and O–H groups in total. The first-order valence-corrected chi connectivity index (χ1v) is 6.28. The van der Waals surface area contributed by atoms with Gasteiger partial charge in [0.25, 0.3) is 0 Å². The van der Waals surface area contributed by atoms with Gasteiger partial charge in [0, 0.05) is 12.1 Å². The maximum atomic E-state index is 10.9. The third kappa shape index (κ3) is 4.57. The molecule has 94 valence electrons. The number of carbonyl (C=O) groups is 1. The van der Waals surface area contributed by atoms with Gasteiger partial charge in [0.1, 0.15) is 0 Å². The molecule has 0 heterocycles. The fraction of sp³-hybridized carbons (Fsp3) is 0.500. The number of carbonyl (C=O) groups excluding carboxylic acids is 1. The molecule has 0 spiro atoms. The second-order valence-electron chi connectivity index (χ2n) is 4.28. The van der Waals surface area contributed by atoms with Crippen LogP contribution in [0.3, 0.4) is 0 Å². The molecule has 17 heavy (non-hydrogen) atoms. The molecular weight excluding hydrogens is 212 g/mol. The van der Waals surface area contributed by atoms with Gasteiger partial charge in [-0.05, 0) is 37.2 Å². The molecule has 1 amide bonds. The molecular formula is C14H22N2O. The van der Waals surface area contributed by atoms with Crippen molar-refractivity contribution in [2.24, 2.45) is 5.73 Å². The van der Waals surface area contributed by atoms with E-state index in [9.17, 15) is 4.79 Å². The number of hydrogen-bond donors (Lipinski definition) is 1. The molecule has 0 radical (unpaired) electrons. The topological polar surface area (TPSA) is 46.3 Å². The predicted octanol–water partition coefficient (Wildman–Crippen LogP) is 2.41. The van der Waals surface area contributed by atoms with Crippen LogP contribution in [-0.4, -0.2) is 23.9 Å². The van der Waals surface area contributed by atoms with E-state index in [1.807, 2.05) is 12.1 Å². The molecule has 0 unspecified atom stereocenters. The van der Waals surface area contributed by atoms with Crippen LogP contribution < -0.4 is 5.73 Å². The number of benzene rings is 1. The van der Waals surface area contributed by atoms with E-state index in [4.69, 9.17) is 5.73 Å². The molecule has 0 bridgehead atoms. The van der Waals surface area contributed by atoms with E-state index in [0.29, 0.717) is 5.56 Å². The van der Waals surface area contributed by atoms with Crippen molar-refractivity contribution in [3.63, 3.8) is 0 Å². The minimum Gasteiger partial charge on any atom is -0.366 e. The lowest BCUT2D eigenvalue weighted by atomic mass is 10.1. The van der Waals surface area contributed by atoms with Gasteiger partial charge in [-0.2, -0.15) is 0 Å². The van der Waals surface area contributed by atoms with Crippen molar-refractivity contribution in [2.45, 2.75) is 33.2 Å². The quantitative estimate of drug-likeness (QED) is 0.787. The lowest BCUT2D eigenvalue weighted by molar-refractivity contribution is 0.100. The first-order valence-electron chi connectivity index (χ1n) is 6.28. The summed E-state index contributed by atoms with van der Waals surface area (Å²) in [5.41, 5.74) is 7.01. The minimum absolute atomic E-state index is 0.366. The predicted molar refractivity (Wildman–Crippen MR) is 70.8 cm³/mol. The fourth-order valence-electron chi connectivity index (χ4n) is 1.76. The largest absolute Gasteiger partial charge is 0.366 e. The monoisotopic (exact) mass is 234 g/mol. The van der Waals surface area contributed by atoms with E-state index in [-0.39, 0.29) is 5.91 Å². The number of hydrogen-bond acceptors (Lipinski definition) is 2. The van der Waals surface area contributed by atoms with Crippen LogP contribution in [0, 0.1) is 0 Å². The van der Waals surface area contributed by atoms with Gasteiger partial charge >= 0.3 is 0 Å². The van der Waals surface area contributed by atoms with Crippen molar-refractivity contribution >= 4 is 5.91 Å². The number of amides is 1. The molecule has 0 aliphatic heterocycles. The van der Waals surface area contributed by atoms with Crippen molar-refractivity contribution < 1.29 is 4.79 Å². The number of nitrogens with two attached hydrogens (primary N) is 1. The van der Waals surface area contributed by atoms with Crippen molar-refractivity contribution in [1.29, 1.82) is 0 Å². The molecule has 0 aliphatic carbocycles. The van der Waals surface area contributed by atoms with Crippen LogP contribution >= 0.6 is 0 Å². The Hall–Kier alpha value is -1.35. The van der Waals surface area contributed by atoms with Crippen molar-refractivity contribution in [3.8, 4) is 0 Å². The van der Waals surface area contributed by atoms with Crippen LogP contribution in [0.1, 0.15) is 42.6 Å². The maximum Gasteiger partial charge on any atom is 0.248 e. The standard InChI is InChI=1S/C14H22N2O/c1-3-5-10-16(4-2)11-12-6-8-13(9-7-12)14(15)17/h6-9H,3-5,10-11H2,1-2H3,(H2,15,17). The van der Waals surface area contributed by atoms with Gasteiger partial charge in [0.05, 0.1) is 0 Å². The van der Waals surface area contributed by atoms with Gasteiger partial charge in [-0.15, -0.1) is 0 Å². The summed E-state index contributed by atoms with van der Waals surface area (Å²) in [7, 11) is 0. The van der Waals surface area contributed by atoms with Gasteiger partial charge in [0.2, 0.25) is 5.91 Å². The molecule has 1 aromatic carbocycles. The maximum absolute atomic E-state index is 10.9. The van der Waals surface area contributed by atoms with Gasteiger partial charge in [-0.1, -0.05) is 32.4 Å². The Morgan fingerprint density at radius 1 is 1.24 bits per heavy atom. The van der Waals surface area contributed by atoms with Crippen molar-refractivity contribution in [1.82, 2.24) is 4.90 Å². The summed E-state index contributed by atoms with van der Waals surface area (Å²) in [5.74, 6) is -0.366. The molecule has 0 aliphatic rings.